The number of hydrogen-bond acceptors (Lipinski definition) is 1. The molecule has 1 nitrogen and oxygen atoms in total. The smallest absolute Gasteiger partial charge is 0.119 e. The van der Waals surface area contributed by atoms with Gasteiger partial charge in [-0.15, -0.1) is 0 Å². The number of unbranched alkanes of at least 4 members (excludes halogenated alkanes) is 4. The highest BCUT2D eigenvalue weighted by Crippen LogP contribution is 2.14. The number of halogens is 1. The third-order valence-electron chi connectivity index (χ3n) is 2.33. The molecule has 1 aromatic rings. The van der Waals surface area contributed by atoms with Crippen molar-refractivity contribution in [1.29, 1.82) is 0 Å². The maximum Gasteiger partial charge on any atom is 0.119 e. The van der Waals surface area contributed by atoms with Crippen molar-refractivity contribution in [3.8, 4) is 5.75 Å². The lowest BCUT2D eigenvalue weighted by atomic mass is 10.2. The molecule has 1 rings (SSSR count). The highest BCUT2D eigenvalue weighted by Gasteiger charge is 1.93. The zero-order valence-corrected chi connectivity index (χ0v) is 11.5. The zero-order valence-electron chi connectivity index (χ0n) is 9.34. The first kappa shape index (κ1) is 12.8. The fourth-order valence-electron chi connectivity index (χ4n) is 1.43. The van der Waals surface area contributed by atoms with E-state index in [0.717, 1.165) is 12.4 Å². The minimum Gasteiger partial charge on any atom is -0.494 e. The van der Waals surface area contributed by atoms with E-state index in [2.05, 4.69) is 41.6 Å². The summed E-state index contributed by atoms with van der Waals surface area (Å²) in [5.41, 5.74) is 0. The van der Waals surface area contributed by atoms with Crippen molar-refractivity contribution in [2.24, 2.45) is 0 Å². The van der Waals surface area contributed by atoms with Gasteiger partial charge in [0.1, 0.15) is 5.75 Å². The maximum atomic E-state index is 5.64. The Bertz CT molecular complexity index is 256. The lowest BCUT2D eigenvalue weighted by molar-refractivity contribution is 0.304. The largest absolute Gasteiger partial charge is 0.494 e. The summed E-state index contributed by atoms with van der Waals surface area (Å²) in [6.07, 6.45) is 6.46. The molecule has 0 spiro atoms. The van der Waals surface area contributed by atoms with E-state index < -0.39 is 0 Å². The summed E-state index contributed by atoms with van der Waals surface area (Å²) in [5.74, 6) is 0.992. The first-order valence-corrected chi connectivity index (χ1v) is 6.79. The highest BCUT2D eigenvalue weighted by molar-refractivity contribution is 14.1. The summed E-state index contributed by atoms with van der Waals surface area (Å²) in [4.78, 5) is 0. The summed E-state index contributed by atoms with van der Waals surface area (Å²) < 4.78 is 6.89. The maximum absolute atomic E-state index is 5.64. The minimum atomic E-state index is 0.851. The Labute approximate surface area is 106 Å². The molecule has 0 atom stereocenters. The molecule has 0 unspecified atom stereocenters. The fraction of sp³-hybridized carbons (Fsp3) is 0.538. The molecule has 0 saturated carbocycles. The summed E-state index contributed by atoms with van der Waals surface area (Å²) in [7, 11) is 0. The topological polar surface area (TPSA) is 9.23 Å². The van der Waals surface area contributed by atoms with Gasteiger partial charge in [0.15, 0.2) is 0 Å². The van der Waals surface area contributed by atoms with Crippen LogP contribution in [0.3, 0.4) is 0 Å². The first-order valence-electron chi connectivity index (χ1n) is 5.71. The number of ether oxygens (including phenoxy) is 1. The van der Waals surface area contributed by atoms with Crippen LogP contribution < -0.4 is 4.74 Å². The Balaban J connectivity index is 2.07. The molecule has 0 aliphatic rings. The van der Waals surface area contributed by atoms with Crippen LogP contribution in [0.25, 0.3) is 0 Å². The third-order valence-corrected chi connectivity index (χ3v) is 3.05. The zero-order chi connectivity index (χ0) is 10.9. The molecule has 0 N–H and O–H groups in total. The van der Waals surface area contributed by atoms with Gasteiger partial charge in [0.2, 0.25) is 0 Å². The van der Waals surface area contributed by atoms with Crippen LogP contribution in [-0.4, -0.2) is 6.61 Å². The van der Waals surface area contributed by atoms with E-state index in [0.29, 0.717) is 0 Å². The molecule has 0 heterocycles. The summed E-state index contributed by atoms with van der Waals surface area (Å²) in [6, 6.07) is 8.22. The van der Waals surface area contributed by atoms with E-state index in [1.54, 1.807) is 0 Å². The molecule has 1 aromatic carbocycles. The molecule has 0 aliphatic heterocycles. The van der Waals surface area contributed by atoms with Gasteiger partial charge in [0.05, 0.1) is 6.61 Å². The molecule has 0 radical (unpaired) electrons. The Hall–Kier alpha value is -0.250. The monoisotopic (exact) mass is 318 g/mol. The molecular weight excluding hydrogens is 299 g/mol. The molecule has 0 aromatic heterocycles. The molecule has 2 heteroatoms. The predicted molar refractivity (Wildman–Crippen MR) is 73.4 cm³/mol. The number of benzene rings is 1. The van der Waals surface area contributed by atoms with Gasteiger partial charge in [-0.2, -0.15) is 0 Å². The molecule has 0 bridgehead atoms. The summed E-state index contributed by atoms with van der Waals surface area (Å²) >= 11 is 2.30. The standard InChI is InChI=1S/C13H19IO/c1-2-3-4-5-6-11-15-13-9-7-12(14)8-10-13/h7-10H,2-6,11H2,1H3. The van der Waals surface area contributed by atoms with Gasteiger partial charge in [-0.25, -0.2) is 0 Å². The van der Waals surface area contributed by atoms with Crippen LogP contribution in [0.2, 0.25) is 0 Å². The molecule has 0 fully saturated rings. The van der Waals surface area contributed by atoms with Crippen molar-refractivity contribution in [2.45, 2.75) is 39.0 Å². The van der Waals surface area contributed by atoms with Crippen LogP contribution in [0.1, 0.15) is 39.0 Å². The van der Waals surface area contributed by atoms with Crippen molar-refractivity contribution < 1.29 is 4.74 Å². The molecule has 0 amide bonds. The van der Waals surface area contributed by atoms with Crippen LogP contribution in [0, 0.1) is 3.57 Å². The average molecular weight is 318 g/mol. The second-order valence-corrected chi connectivity index (χ2v) is 4.96. The fourth-order valence-corrected chi connectivity index (χ4v) is 1.79. The predicted octanol–water partition coefficient (Wildman–Crippen LogP) is 4.64. The summed E-state index contributed by atoms with van der Waals surface area (Å²) in [6.45, 7) is 3.09. The van der Waals surface area contributed by atoms with E-state index in [1.807, 2.05) is 12.1 Å². The highest BCUT2D eigenvalue weighted by atomic mass is 127. The Morgan fingerprint density at radius 2 is 1.67 bits per heavy atom. The Kier molecular flexibility index (Phi) is 6.81. The van der Waals surface area contributed by atoms with Gasteiger partial charge in [0, 0.05) is 3.57 Å². The quantitative estimate of drug-likeness (QED) is 0.526. The SMILES string of the molecule is CCCCCCCOc1ccc(I)cc1. The van der Waals surface area contributed by atoms with Gasteiger partial charge in [-0.3, -0.25) is 0 Å². The van der Waals surface area contributed by atoms with E-state index >= 15 is 0 Å². The van der Waals surface area contributed by atoms with Gasteiger partial charge < -0.3 is 4.74 Å². The lowest BCUT2D eigenvalue weighted by Crippen LogP contribution is -1.97. The van der Waals surface area contributed by atoms with E-state index in [-0.39, 0.29) is 0 Å². The van der Waals surface area contributed by atoms with Gasteiger partial charge in [-0.1, -0.05) is 32.6 Å². The molecule has 15 heavy (non-hydrogen) atoms. The summed E-state index contributed by atoms with van der Waals surface area (Å²) in [5, 5.41) is 0. The van der Waals surface area contributed by atoms with Crippen molar-refractivity contribution in [2.75, 3.05) is 6.61 Å². The number of rotatable bonds is 7. The molecule has 84 valence electrons. The second kappa shape index (κ2) is 7.97. The van der Waals surface area contributed by atoms with Crippen LogP contribution in [0.15, 0.2) is 24.3 Å². The Morgan fingerprint density at radius 1 is 1.00 bits per heavy atom. The molecular formula is C13H19IO. The van der Waals surface area contributed by atoms with Gasteiger partial charge in [-0.05, 0) is 53.3 Å². The van der Waals surface area contributed by atoms with Crippen LogP contribution in [0.5, 0.6) is 5.75 Å². The normalized spacial score (nSPS) is 10.3. The second-order valence-electron chi connectivity index (χ2n) is 3.72. The van der Waals surface area contributed by atoms with Gasteiger partial charge in [0.25, 0.3) is 0 Å². The van der Waals surface area contributed by atoms with Crippen LogP contribution in [0.4, 0.5) is 0 Å². The van der Waals surface area contributed by atoms with Crippen molar-refractivity contribution >= 4 is 22.6 Å². The third kappa shape index (κ3) is 6.03. The molecule has 0 saturated heterocycles. The minimum absolute atomic E-state index is 0.851. The van der Waals surface area contributed by atoms with E-state index in [4.69, 9.17) is 4.74 Å². The van der Waals surface area contributed by atoms with Crippen molar-refractivity contribution in [3.63, 3.8) is 0 Å². The Morgan fingerprint density at radius 3 is 2.33 bits per heavy atom. The first-order chi connectivity index (χ1) is 7.33. The van der Waals surface area contributed by atoms with Gasteiger partial charge >= 0.3 is 0 Å². The van der Waals surface area contributed by atoms with E-state index in [1.165, 1.54) is 35.7 Å². The van der Waals surface area contributed by atoms with Crippen molar-refractivity contribution in [1.82, 2.24) is 0 Å². The molecule has 0 aliphatic carbocycles. The van der Waals surface area contributed by atoms with Crippen molar-refractivity contribution in [3.05, 3.63) is 27.8 Å². The lowest BCUT2D eigenvalue weighted by Gasteiger charge is -2.05. The van der Waals surface area contributed by atoms with Crippen LogP contribution >= 0.6 is 22.6 Å². The average Bonchev–Trinajstić information content (AvgIpc) is 2.26. The number of hydrogen-bond donors (Lipinski definition) is 0. The van der Waals surface area contributed by atoms with Crippen LogP contribution in [-0.2, 0) is 0 Å². The van der Waals surface area contributed by atoms with E-state index in [9.17, 15) is 0 Å².